The molecule has 0 spiro atoms. The van der Waals surface area contributed by atoms with Crippen LogP contribution in [0.3, 0.4) is 0 Å². The average molecular weight is 429 g/mol. The van der Waals surface area contributed by atoms with E-state index in [-0.39, 0.29) is 36.0 Å². The highest BCUT2D eigenvalue weighted by molar-refractivity contribution is 7.91. The summed E-state index contributed by atoms with van der Waals surface area (Å²) >= 11 is 0. The van der Waals surface area contributed by atoms with Crippen molar-refractivity contribution in [2.24, 2.45) is 0 Å². The number of rotatable bonds is 6. The van der Waals surface area contributed by atoms with Crippen molar-refractivity contribution in [1.82, 2.24) is 4.90 Å². The maximum atomic E-state index is 13.1. The highest BCUT2D eigenvalue weighted by Gasteiger charge is 2.49. The van der Waals surface area contributed by atoms with Crippen LogP contribution in [0, 0.1) is 0 Å². The molecule has 2 aromatic carbocycles. The molecule has 2 saturated heterocycles. The summed E-state index contributed by atoms with van der Waals surface area (Å²) in [6.45, 7) is 2.97. The Labute approximate surface area is 178 Å². The molecule has 0 unspecified atom stereocenters. The molecule has 2 fully saturated rings. The number of methoxy groups -OCH3 is 1. The van der Waals surface area contributed by atoms with Crippen LogP contribution in [0.5, 0.6) is 5.75 Å². The van der Waals surface area contributed by atoms with Crippen molar-refractivity contribution in [2.75, 3.05) is 36.6 Å². The summed E-state index contributed by atoms with van der Waals surface area (Å²) < 4.78 is 30.2. The van der Waals surface area contributed by atoms with Gasteiger partial charge in [-0.2, -0.15) is 0 Å². The highest BCUT2D eigenvalue weighted by atomic mass is 32.2. The topological polar surface area (TPSA) is 66.9 Å². The van der Waals surface area contributed by atoms with Gasteiger partial charge in [-0.15, -0.1) is 0 Å². The third-order valence-electron chi connectivity index (χ3n) is 6.17. The number of piperazine rings is 1. The lowest BCUT2D eigenvalue weighted by atomic mass is 10.0. The molecule has 0 N–H and O–H groups in total. The molecule has 2 aliphatic heterocycles. The zero-order valence-electron chi connectivity index (χ0n) is 17.5. The summed E-state index contributed by atoms with van der Waals surface area (Å²) in [4.78, 5) is 16.9. The van der Waals surface area contributed by atoms with E-state index in [0.717, 1.165) is 29.8 Å². The van der Waals surface area contributed by atoms with Crippen LogP contribution in [-0.4, -0.2) is 63.0 Å². The molecule has 0 aromatic heterocycles. The van der Waals surface area contributed by atoms with Gasteiger partial charge in [-0.25, -0.2) is 8.42 Å². The van der Waals surface area contributed by atoms with Crippen LogP contribution < -0.4 is 9.64 Å². The number of carbonyl (C=O) groups is 1. The lowest BCUT2D eigenvalue weighted by molar-refractivity contribution is -0.123. The van der Waals surface area contributed by atoms with Crippen molar-refractivity contribution in [1.29, 1.82) is 0 Å². The molecule has 2 heterocycles. The van der Waals surface area contributed by atoms with Crippen LogP contribution in [-0.2, 0) is 27.5 Å². The Kier molecular flexibility index (Phi) is 5.84. The molecule has 0 bridgehead atoms. The minimum atomic E-state index is -3.18. The highest BCUT2D eigenvalue weighted by Crippen LogP contribution is 2.32. The Morgan fingerprint density at radius 3 is 2.23 bits per heavy atom. The van der Waals surface area contributed by atoms with Crippen molar-refractivity contribution in [2.45, 2.75) is 31.8 Å². The van der Waals surface area contributed by atoms with Crippen molar-refractivity contribution < 1.29 is 17.9 Å². The quantitative estimate of drug-likeness (QED) is 0.706. The summed E-state index contributed by atoms with van der Waals surface area (Å²) in [5.41, 5.74) is 3.12. The van der Waals surface area contributed by atoms with Gasteiger partial charge in [-0.3, -0.25) is 9.69 Å². The first-order valence-corrected chi connectivity index (χ1v) is 12.2. The van der Waals surface area contributed by atoms with Crippen LogP contribution in [0.2, 0.25) is 0 Å². The molecule has 30 heavy (non-hydrogen) atoms. The Morgan fingerprint density at radius 2 is 1.60 bits per heavy atom. The number of fused-ring (bicyclic) bond motifs is 1. The standard InChI is InChI=1S/C23H28N2O4S/c1-3-17-4-8-19(9-5-17)25-22-16-30(27,28)15-21(22)24(14-23(25)26)13-12-18-6-10-20(29-2)11-7-18/h4-11,21-22H,3,12-16H2,1-2H3/t21-,22+/m0/s1. The summed E-state index contributed by atoms with van der Waals surface area (Å²) in [5, 5.41) is 0. The fourth-order valence-electron chi connectivity index (χ4n) is 4.50. The van der Waals surface area contributed by atoms with Gasteiger partial charge < -0.3 is 9.64 Å². The first-order valence-electron chi connectivity index (χ1n) is 10.4. The van der Waals surface area contributed by atoms with Crippen LogP contribution in [0.1, 0.15) is 18.1 Å². The Morgan fingerprint density at radius 1 is 0.967 bits per heavy atom. The maximum Gasteiger partial charge on any atom is 0.241 e. The number of aryl methyl sites for hydroxylation is 1. The predicted molar refractivity (Wildman–Crippen MR) is 118 cm³/mol. The lowest BCUT2D eigenvalue weighted by Crippen LogP contribution is -2.62. The number of carbonyl (C=O) groups excluding carboxylic acids is 1. The van der Waals surface area contributed by atoms with E-state index in [1.54, 1.807) is 12.0 Å². The summed E-state index contributed by atoms with van der Waals surface area (Å²) in [6.07, 6.45) is 1.68. The number of amides is 1. The first-order chi connectivity index (χ1) is 14.4. The fraction of sp³-hybridized carbons (Fsp3) is 0.435. The lowest BCUT2D eigenvalue weighted by Gasteiger charge is -2.43. The maximum absolute atomic E-state index is 13.1. The molecule has 2 aromatic rings. The normalized spacial score (nSPS) is 23.4. The van der Waals surface area contributed by atoms with Gasteiger partial charge in [0.05, 0.1) is 31.2 Å². The molecule has 2 aliphatic rings. The second-order valence-electron chi connectivity index (χ2n) is 8.06. The van der Waals surface area contributed by atoms with E-state index in [9.17, 15) is 13.2 Å². The number of nitrogens with zero attached hydrogens (tertiary/aromatic N) is 2. The van der Waals surface area contributed by atoms with Crippen LogP contribution in [0.25, 0.3) is 0 Å². The molecular formula is C23H28N2O4S. The summed E-state index contributed by atoms with van der Waals surface area (Å²) in [5.74, 6) is 0.903. The van der Waals surface area contributed by atoms with E-state index < -0.39 is 9.84 Å². The zero-order chi connectivity index (χ0) is 21.3. The van der Waals surface area contributed by atoms with Gasteiger partial charge in [0.25, 0.3) is 0 Å². The van der Waals surface area contributed by atoms with Crippen LogP contribution in [0.4, 0.5) is 5.69 Å². The van der Waals surface area contributed by atoms with E-state index in [2.05, 4.69) is 11.8 Å². The number of benzene rings is 2. The van der Waals surface area contributed by atoms with E-state index in [0.29, 0.717) is 6.54 Å². The molecule has 6 nitrogen and oxygen atoms in total. The number of ether oxygens (including phenoxy) is 1. The van der Waals surface area contributed by atoms with Crippen molar-refractivity contribution in [3.63, 3.8) is 0 Å². The first kappa shape index (κ1) is 20.9. The number of hydrogen-bond donors (Lipinski definition) is 0. The second-order valence-corrected chi connectivity index (χ2v) is 10.2. The van der Waals surface area contributed by atoms with Crippen molar-refractivity contribution >= 4 is 21.4 Å². The van der Waals surface area contributed by atoms with Crippen LogP contribution >= 0.6 is 0 Å². The van der Waals surface area contributed by atoms with Gasteiger partial charge in [-0.1, -0.05) is 31.2 Å². The molecular weight excluding hydrogens is 400 g/mol. The second kappa shape index (κ2) is 8.40. The SMILES string of the molecule is CCc1ccc(N2C(=O)CN(CCc3ccc(OC)cc3)[C@H]3CS(=O)(=O)C[C@H]32)cc1. The minimum Gasteiger partial charge on any atom is -0.497 e. The van der Waals surface area contributed by atoms with Gasteiger partial charge >= 0.3 is 0 Å². The molecule has 4 rings (SSSR count). The number of anilines is 1. The third kappa shape index (κ3) is 4.23. The minimum absolute atomic E-state index is 0.0258. The Balaban J connectivity index is 1.54. The zero-order valence-corrected chi connectivity index (χ0v) is 18.3. The average Bonchev–Trinajstić information content (AvgIpc) is 3.07. The van der Waals surface area contributed by atoms with E-state index in [1.807, 2.05) is 48.5 Å². The van der Waals surface area contributed by atoms with E-state index in [4.69, 9.17) is 4.74 Å². The van der Waals surface area contributed by atoms with E-state index in [1.165, 1.54) is 5.56 Å². The Bertz CT molecular complexity index is 1000. The summed E-state index contributed by atoms with van der Waals surface area (Å²) in [7, 11) is -1.55. The van der Waals surface area contributed by atoms with Gasteiger partial charge in [-0.05, 0) is 48.2 Å². The van der Waals surface area contributed by atoms with Crippen molar-refractivity contribution in [3.05, 3.63) is 59.7 Å². The van der Waals surface area contributed by atoms with Gasteiger partial charge in [0.2, 0.25) is 5.91 Å². The molecule has 1 amide bonds. The van der Waals surface area contributed by atoms with Gasteiger partial charge in [0.15, 0.2) is 9.84 Å². The number of hydrogen-bond acceptors (Lipinski definition) is 5. The van der Waals surface area contributed by atoms with Gasteiger partial charge in [0, 0.05) is 18.3 Å². The molecule has 0 saturated carbocycles. The molecule has 0 aliphatic carbocycles. The fourth-order valence-corrected chi connectivity index (χ4v) is 6.48. The van der Waals surface area contributed by atoms with Crippen LogP contribution in [0.15, 0.2) is 48.5 Å². The van der Waals surface area contributed by atoms with E-state index >= 15 is 0 Å². The molecule has 2 atom stereocenters. The summed E-state index contributed by atoms with van der Waals surface area (Å²) in [6, 6.07) is 15.2. The van der Waals surface area contributed by atoms with Gasteiger partial charge in [0.1, 0.15) is 5.75 Å². The third-order valence-corrected chi connectivity index (χ3v) is 7.87. The largest absolute Gasteiger partial charge is 0.497 e. The van der Waals surface area contributed by atoms with Crippen molar-refractivity contribution in [3.8, 4) is 5.75 Å². The Hall–Kier alpha value is -2.38. The monoisotopic (exact) mass is 428 g/mol. The molecule has 160 valence electrons. The molecule has 0 radical (unpaired) electrons. The predicted octanol–water partition coefficient (Wildman–Crippen LogP) is 2.31. The molecule has 7 heteroatoms. The smallest absolute Gasteiger partial charge is 0.241 e. The number of sulfone groups is 1.